The Morgan fingerprint density at radius 1 is 1.12 bits per heavy atom. The highest BCUT2D eigenvalue weighted by molar-refractivity contribution is 9.10. The number of aromatic nitrogens is 3. The summed E-state index contributed by atoms with van der Waals surface area (Å²) in [5.74, 6) is 0.502. The number of thiazole rings is 1. The van der Waals surface area contributed by atoms with E-state index in [0.717, 1.165) is 15.6 Å². The average Bonchev–Trinajstić information content (AvgIpc) is 3.09. The minimum absolute atomic E-state index is 0.130. The van der Waals surface area contributed by atoms with Crippen LogP contribution in [0.25, 0.3) is 22.4 Å². The van der Waals surface area contributed by atoms with E-state index in [1.807, 2.05) is 42.5 Å². The first-order valence-electron chi connectivity index (χ1n) is 7.03. The lowest BCUT2D eigenvalue weighted by molar-refractivity contribution is 1.09. The highest BCUT2D eigenvalue weighted by Gasteiger charge is 2.14. The number of hydrogen-bond donors (Lipinski definition) is 0. The van der Waals surface area contributed by atoms with Crippen LogP contribution in [0.4, 0.5) is 0 Å². The smallest absolute Gasteiger partial charge is 0.267 e. The molecule has 4 nitrogen and oxygen atoms in total. The molecule has 24 heavy (non-hydrogen) atoms. The molecule has 0 bridgehead atoms. The van der Waals surface area contributed by atoms with E-state index in [0.29, 0.717) is 20.3 Å². The van der Waals surface area contributed by atoms with Crippen LogP contribution in [0.2, 0.25) is 5.02 Å². The van der Waals surface area contributed by atoms with Gasteiger partial charge >= 0.3 is 0 Å². The van der Waals surface area contributed by atoms with Gasteiger partial charge in [-0.25, -0.2) is 4.40 Å². The van der Waals surface area contributed by atoms with Gasteiger partial charge in [0.15, 0.2) is 5.82 Å². The highest BCUT2D eigenvalue weighted by Crippen LogP contribution is 2.21. The van der Waals surface area contributed by atoms with Crippen LogP contribution >= 0.6 is 38.9 Å². The molecule has 0 saturated carbocycles. The third-order valence-electron chi connectivity index (χ3n) is 3.48. The van der Waals surface area contributed by atoms with Crippen molar-refractivity contribution in [3.63, 3.8) is 0 Å². The third-order valence-corrected chi connectivity index (χ3v) is 5.17. The van der Waals surface area contributed by atoms with Crippen LogP contribution in [0.5, 0.6) is 0 Å². The van der Waals surface area contributed by atoms with E-state index in [-0.39, 0.29) is 5.56 Å². The van der Waals surface area contributed by atoms with E-state index in [9.17, 15) is 4.79 Å². The van der Waals surface area contributed by atoms with Gasteiger partial charge in [0.2, 0.25) is 4.96 Å². The number of nitrogens with zero attached hydrogens (tertiary/aromatic N) is 3. The summed E-state index contributed by atoms with van der Waals surface area (Å²) in [4.78, 5) is 13.3. The molecular formula is C17H9BrClN3OS. The maximum atomic E-state index is 12.8. The molecule has 2 aromatic heterocycles. The fraction of sp³-hybridized carbons (Fsp3) is 0. The normalized spacial score (nSPS) is 12.2. The lowest BCUT2D eigenvalue weighted by atomic mass is 10.2. The molecule has 0 N–H and O–H groups in total. The summed E-state index contributed by atoms with van der Waals surface area (Å²) in [5, 5.41) is 8.85. The first-order chi connectivity index (χ1) is 11.6. The quantitative estimate of drug-likeness (QED) is 0.498. The van der Waals surface area contributed by atoms with Crippen molar-refractivity contribution in [2.45, 2.75) is 0 Å². The van der Waals surface area contributed by atoms with Gasteiger partial charge in [0.25, 0.3) is 5.56 Å². The molecule has 0 amide bonds. The van der Waals surface area contributed by atoms with Crippen molar-refractivity contribution < 1.29 is 0 Å². The fourth-order valence-corrected chi connectivity index (χ4v) is 3.94. The Balaban J connectivity index is 1.93. The first kappa shape index (κ1) is 15.5. The molecule has 0 fully saturated rings. The minimum Gasteiger partial charge on any atom is -0.267 e. The van der Waals surface area contributed by atoms with Crippen LogP contribution in [-0.2, 0) is 0 Å². The summed E-state index contributed by atoms with van der Waals surface area (Å²) in [6.45, 7) is 0. The van der Waals surface area contributed by atoms with Crippen molar-refractivity contribution >= 4 is 49.9 Å². The standard InChI is InChI=1S/C17H9BrClN3OS/c18-12-5-1-3-10(7-12)8-14-16(23)22-15(20-21-17(22)24-14)11-4-2-6-13(19)9-11/h1-9H/b14-8-. The van der Waals surface area contributed by atoms with Crippen LogP contribution in [0.15, 0.2) is 57.8 Å². The molecule has 0 unspecified atom stereocenters. The molecular weight excluding hydrogens is 410 g/mol. The van der Waals surface area contributed by atoms with E-state index in [4.69, 9.17) is 11.6 Å². The molecule has 7 heteroatoms. The van der Waals surface area contributed by atoms with Crippen LogP contribution in [0, 0.1) is 0 Å². The van der Waals surface area contributed by atoms with Crippen molar-refractivity contribution in [3.8, 4) is 11.4 Å². The summed E-state index contributed by atoms with van der Waals surface area (Å²) in [6, 6.07) is 15.0. The monoisotopic (exact) mass is 417 g/mol. The van der Waals surface area contributed by atoms with Crippen LogP contribution in [-0.4, -0.2) is 14.6 Å². The summed E-state index contributed by atoms with van der Waals surface area (Å²) in [7, 11) is 0. The van der Waals surface area contributed by atoms with Gasteiger partial charge in [0, 0.05) is 15.1 Å². The molecule has 0 saturated heterocycles. The Hall–Kier alpha value is -2.02. The van der Waals surface area contributed by atoms with Crippen molar-refractivity contribution in [1.82, 2.24) is 14.6 Å². The van der Waals surface area contributed by atoms with E-state index in [1.165, 1.54) is 15.7 Å². The molecule has 0 radical (unpaired) electrons. The molecule has 2 aromatic carbocycles. The van der Waals surface area contributed by atoms with Gasteiger partial charge in [0.1, 0.15) is 0 Å². The topological polar surface area (TPSA) is 47.3 Å². The second-order valence-electron chi connectivity index (χ2n) is 5.12. The summed E-state index contributed by atoms with van der Waals surface area (Å²) < 4.78 is 3.10. The zero-order valence-electron chi connectivity index (χ0n) is 12.1. The summed E-state index contributed by atoms with van der Waals surface area (Å²) in [5.41, 5.74) is 1.58. The van der Waals surface area contributed by atoms with Gasteiger partial charge in [-0.2, -0.15) is 0 Å². The van der Waals surface area contributed by atoms with E-state index >= 15 is 0 Å². The van der Waals surface area contributed by atoms with Crippen molar-refractivity contribution in [2.24, 2.45) is 0 Å². The van der Waals surface area contributed by atoms with E-state index in [1.54, 1.807) is 12.1 Å². The van der Waals surface area contributed by atoms with Crippen LogP contribution in [0.1, 0.15) is 5.56 Å². The minimum atomic E-state index is -0.130. The zero-order chi connectivity index (χ0) is 16.7. The van der Waals surface area contributed by atoms with Crippen LogP contribution < -0.4 is 10.1 Å². The third kappa shape index (κ3) is 2.77. The maximum absolute atomic E-state index is 12.8. The predicted molar refractivity (Wildman–Crippen MR) is 101 cm³/mol. The predicted octanol–water partition coefficient (Wildman–Crippen LogP) is 3.78. The molecule has 0 aliphatic heterocycles. The highest BCUT2D eigenvalue weighted by atomic mass is 79.9. The second kappa shape index (κ2) is 6.12. The molecule has 2 heterocycles. The van der Waals surface area contributed by atoms with Gasteiger partial charge in [-0.15, -0.1) is 10.2 Å². The second-order valence-corrected chi connectivity index (χ2v) is 7.48. The maximum Gasteiger partial charge on any atom is 0.276 e. The fourth-order valence-electron chi connectivity index (χ4n) is 2.42. The summed E-state index contributed by atoms with van der Waals surface area (Å²) >= 11 is 10.8. The Kier molecular flexibility index (Phi) is 3.96. The van der Waals surface area contributed by atoms with Gasteiger partial charge < -0.3 is 0 Å². The number of halogens is 2. The van der Waals surface area contributed by atoms with E-state index in [2.05, 4.69) is 26.1 Å². The van der Waals surface area contributed by atoms with Crippen LogP contribution in [0.3, 0.4) is 0 Å². The lowest BCUT2D eigenvalue weighted by Gasteiger charge is -1.97. The number of fused-ring (bicyclic) bond motifs is 1. The molecule has 118 valence electrons. The zero-order valence-corrected chi connectivity index (χ0v) is 15.3. The molecule has 4 rings (SSSR count). The largest absolute Gasteiger partial charge is 0.276 e. The Morgan fingerprint density at radius 3 is 2.75 bits per heavy atom. The molecule has 0 spiro atoms. The Morgan fingerprint density at radius 2 is 1.96 bits per heavy atom. The Labute approximate surface area is 154 Å². The molecule has 0 aliphatic rings. The molecule has 0 aliphatic carbocycles. The average molecular weight is 419 g/mol. The van der Waals surface area contributed by atoms with Gasteiger partial charge in [-0.05, 0) is 35.9 Å². The van der Waals surface area contributed by atoms with Crippen molar-refractivity contribution in [1.29, 1.82) is 0 Å². The Bertz CT molecular complexity index is 1170. The van der Waals surface area contributed by atoms with E-state index < -0.39 is 0 Å². The SMILES string of the molecule is O=c1/c(=C/c2cccc(Br)c2)sc2nnc(-c3cccc(Cl)c3)n12. The number of rotatable bonds is 2. The lowest BCUT2D eigenvalue weighted by Crippen LogP contribution is -2.23. The molecule has 0 atom stereocenters. The number of benzene rings is 2. The molecule has 4 aromatic rings. The first-order valence-corrected chi connectivity index (χ1v) is 9.02. The number of hydrogen-bond acceptors (Lipinski definition) is 4. The van der Waals surface area contributed by atoms with Gasteiger partial charge in [0.05, 0.1) is 4.53 Å². The van der Waals surface area contributed by atoms with Crippen molar-refractivity contribution in [3.05, 3.63) is 78.5 Å². The van der Waals surface area contributed by atoms with Crippen molar-refractivity contribution in [2.75, 3.05) is 0 Å². The van der Waals surface area contributed by atoms with Gasteiger partial charge in [-0.1, -0.05) is 63.1 Å². The van der Waals surface area contributed by atoms with Gasteiger partial charge in [-0.3, -0.25) is 4.79 Å². The summed E-state index contributed by atoms with van der Waals surface area (Å²) in [6.07, 6.45) is 1.86.